The molecule has 0 aromatic heterocycles. The molecule has 1 nitrogen and oxygen atoms in total. The SMILES string of the molecule is CCc1ccc(C(C)(O)CC)cc1. The molecule has 13 heavy (non-hydrogen) atoms. The molecular formula is C12H18O. The summed E-state index contributed by atoms with van der Waals surface area (Å²) in [5, 5.41) is 9.96. The van der Waals surface area contributed by atoms with E-state index < -0.39 is 5.60 Å². The molecule has 1 aromatic carbocycles. The highest BCUT2D eigenvalue weighted by atomic mass is 16.3. The van der Waals surface area contributed by atoms with Crippen LogP contribution in [0.5, 0.6) is 0 Å². The predicted molar refractivity (Wildman–Crippen MR) is 55.7 cm³/mol. The van der Waals surface area contributed by atoms with E-state index in [2.05, 4.69) is 19.1 Å². The molecule has 0 heterocycles. The van der Waals surface area contributed by atoms with Gasteiger partial charge in [0.05, 0.1) is 5.60 Å². The zero-order valence-corrected chi connectivity index (χ0v) is 8.67. The average molecular weight is 178 g/mol. The quantitative estimate of drug-likeness (QED) is 0.754. The minimum absolute atomic E-state index is 0.674. The second-order valence-corrected chi connectivity index (χ2v) is 3.68. The minimum Gasteiger partial charge on any atom is -0.385 e. The third kappa shape index (κ3) is 2.31. The number of aryl methyl sites for hydroxylation is 1. The van der Waals surface area contributed by atoms with Gasteiger partial charge in [0.25, 0.3) is 0 Å². The van der Waals surface area contributed by atoms with Gasteiger partial charge in [-0.2, -0.15) is 0 Å². The van der Waals surface area contributed by atoms with Crippen LogP contribution in [0.15, 0.2) is 24.3 Å². The van der Waals surface area contributed by atoms with Crippen molar-refractivity contribution in [2.45, 2.75) is 39.2 Å². The van der Waals surface area contributed by atoms with E-state index in [9.17, 15) is 5.11 Å². The van der Waals surface area contributed by atoms with Crippen LogP contribution < -0.4 is 0 Å². The lowest BCUT2D eigenvalue weighted by molar-refractivity contribution is 0.0531. The Kier molecular flexibility index (Phi) is 3.10. The van der Waals surface area contributed by atoms with E-state index >= 15 is 0 Å². The molecule has 1 aromatic rings. The minimum atomic E-state index is -0.674. The van der Waals surface area contributed by atoms with Crippen molar-refractivity contribution in [1.29, 1.82) is 0 Å². The fourth-order valence-corrected chi connectivity index (χ4v) is 1.30. The Bertz CT molecular complexity index is 259. The van der Waals surface area contributed by atoms with Crippen molar-refractivity contribution in [3.05, 3.63) is 35.4 Å². The average Bonchev–Trinajstić information content (AvgIpc) is 2.18. The standard InChI is InChI=1S/C12H18O/c1-4-10-6-8-11(9-7-10)12(3,13)5-2/h6-9,13H,4-5H2,1-3H3. The number of hydrogen-bond acceptors (Lipinski definition) is 1. The number of rotatable bonds is 3. The molecule has 0 aliphatic carbocycles. The number of benzene rings is 1. The first kappa shape index (κ1) is 10.3. The summed E-state index contributed by atoms with van der Waals surface area (Å²) in [7, 11) is 0. The lowest BCUT2D eigenvalue weighted by Gasteiger charge is -2.21. The Balaban J connectivity index is 2.92. The molecule has 1 N–H and O–H groups in total. The van der Waals surface area contributed by atoms with Gasteiger partial charge in [-0.25, -0.2) is 0 Å². The largest absolute Gasteiger partial charge is 0.385 e. The van der Waals surface area contributed by atoms with Crippen LogP contribution in [0.4, 0.5) is 0 Å². The van der Waals surface area contributed by atoms with Gasteiger partial charge in [-0.1, -0.05) is 38.1 Å². The molecule has 0 saturated carbocycles. The summed E-state index contributed by atoms with van der Waals surface area (Å²) in [6.45, 7) is 5.98. The molecule has 0 bridgehead atoms. The highest BCUT2D eigenvalue weighted by Gasteiger charge is 2.19. The summed E-state index contributed by atoms with van der Waals surface area (Å²) in [4.78, 5) is 0. The molecule has 0 radical (unpaired) electrons. The van der Waals surface area contributed by atoms with Crippen molar-refractivity contribution in [3.8, 4) is 0 Å². The second-order valence-electron chi connectivity index (χ2n) is 3.68. The van der Waals surface area contributed by atoms with Gasteiger partial charge in [0.15, 0.2) is 0 Å². The maximum atomic E-state index is 9.96. The molecule has 0 spiro atoms. The van der Waals surface area contributed by atoms with E-state index in [4.69, 9.17) is 0 Å². The van der Waals surface area contributed by atoms with Crippen LogP contribution in [0.2, 0.25) is 0 Å². The Morgan fingerprint density at radius 2 is 1.69 bits per heavy atom. The van der Waals surface area contributed by atoms with Crippen LogP contribution in [0.25, 0.3) is 0 Å². The molecule has 1 unspecified atom stereocenters. The van der Waals surface area contributed by atoms with Crippen molar-refractivity contribution in [1.82, 2.24) is 0 Å². The van der Waals surface area contributed by atoms with Crippen LogP contribution in [0.3, 0.4) is 0 Å². The Morgan fingerprint density at radius 3 is 2.08 bits per heavy atom. The number of aliphatic hydroxyl groups is 1. The molecule has 72 valence electrons. The van der Waals surface area contributed by atoms with Crippen molar-refractivity contribution in [2.75, 3.05) is 0 Å². The highest BCUT2D eigenvalue weighted by Crippen LogP contribution is 2.23. The molecule has 1 rings (SSSR count). The van der Waals surface area contributed by atoms with E-state index in [1.165, 1.54) is 5.56 Å². The maximum Gasteiger partial charge on any atom is 0.0865 e. The Morgan fingerprint density at radius 1 is 1.15 bits per heavy atom. The molecule has 0 fully saturated rings. The summed E-state index contributed by atoms with van der Waals surface area (Å²) >= 11 is 0. The maximum absolute atomic E-state index is 9.96. The van der Waals surface area contributed by atoms with Gasteiger partial charge in [0.1, 0.15) is 0 Å². The number of hydrogen-bond donors (Lipinski definition) is 1. The Labute approximate surface area is 80.4 Å². The third-order valence-electron chi connectivity index (χ3n) is 2.67. The fraction of sp³-hybridized carbons (Fsp3) is 0.500. The van der Waals surface area contributed by atoms with Gasteiger partial charge in [0.2, 0.25) is 0 Å². The van der Waals surface area contributed by atoms with Crippen LogP contribution in [-0.4, -0.2) is 5.11 Å². The van der Waals surface area contributed by atoms with Crippen LogP contribution in [0.1, 0.15) is 38.3 Å². The molecule has 0 saturated heterocycles. The summed E-state index contributed by atoms with van der Waals surface area (Å²) in [6, 6.07) is 8.20. The first-order valence-electron chi connectivity index (χ1n) is 4.92. The monoisotopic (exact) mass is 178 g/mol. The van der Waals surface area contributed by atoms with E-state index in [0.717, 1.165) is 18.4 Å². The van der Waals surface area contributed by atoms with Crippen molar-refractivity contribution < 1.29 is 5.11 Å². The van der Waals surface area contributed by atoms with Gasteiger partial charge >= 0.3 is 0 Å². The van der Waals surface area contributed by atoms with Gasteiger partial charge in [0, 0.05) is 0 Å². The van der Waals surface area contributed by atoms with E-state index in [1.54, 1.807) is 0 Å². The zero-order chi connectivity index (χ0) is 9.90. The third-order valence-corrected chi connectivity index (χ3v) is 2.67. The second kappa shape index (κ2) is 3.93. The van der Waals surface area contributed by atoms with E-state index in [1.807, 2.05) is 26.0 Å². The highest BCUT2D eigenvalue weighted by molar-refractivity contribution is 5.26. The molecule has 0 aliphatic rings. The first-order valence-corrected chi connectivity index (χ1v) is 4.92. The lowest BCUT2D eigenvalue weighted by atomic mass is 9.92. The van der Waals surface area contributed by atoms with Crippen molar-refractivity contribution >= 4 is 0 Å². The summed E-state index contributed by atoms with van der Waals surface area (Å²) < 4.78 is 0. The smallest absolute Gasteiger partial charge is 0.0865 e. The van der Waals surface area contributed by atoms with Gasteiger partial charge < -0.3 is 5.11 Å². The molecule has 1 heteroatoms. The van der Waals surface area contributed by atoms with E-state index in [-0.39, 0.29) is 0 Å². The predicted octanol–water partition coefficient (Wildman–Crippen LogP) is 2.87. The topological polar surface area (TPSA) is 20.2 Å². The van der Waals surface area contributed by atoms with Crippen molar-refractivity contribution in [2.24, 2.45) is 0 Å². The summed E-state index contributed by atoms with van der Waals surface area (Å²) in [5.74, 6) is 0. The van der Waals surface area contributed by atoms with Crippen LogP contribution >= 0.6 is 0 Å². The Hall–Kier alpha value is -0.820. The zero-order valence-electron chi connectivity index (χ0n) is 8.67. The van der Waals surface area contributed by atoms with Gasteiger partial charge in [-0.3, -0.25) is 0 Å². The molecule has 1 atom stereocenters. The molecule has 0 aliphatic heterocycles. The first-order chi connectivity index (χ1) is 6.10. The van der Waals surface area contributed by atoms with E-state index in [0.29, 0.717) is 0 Å². The van der Waals surface area contributed by atoms with Crippen molar-refractivity contribution in [3.63, 3.8) is 0 Å². The van der Waals surface area contributed by atoms with Gasteiger partial charge in [-0.05, 0) is 30.9 Å². The normalized spacial score (nSPS) is 15.4. The summed E-state index contributed by atoms with van der Waals surface area (Å²) in [6.07, 6.45) is 1.80. The van der Waals surface area contributed by atoms with Crippen LogP contribution in [0, 0.1) is 0 Å². The lowest BCUT2D eigenvalue weighted by Crippen LogP contribution is -2.19. The van der Waals surface area contributed by atoms with Gasteiger partial charge in [-0.15, -0.1) is 0 Å². The fourth-order valence-electron chi connectivity index (χ4n) is 1.30. The van der Waals surface area contributed by atoms with Crippen LogP contribution in [-0.2, 0) is 12.0 Å². The summed E-state index contributed by atoms with van der Waals surface area (Å²) in [5.41, 5.74) is 1.65. The molecular weight excluding hydrogens is 160 g/mol. The molecule has 0 amide bonds.